The standard InChI is InChI=1S/C21H30N4O2/c1-14(2)25-19-5-4-16(23-15-6-9-24(3)10-7-15)12-17(19)20(21(25)26)18-13-27-11-8-22-18/h4-5,12,14-15,23,26H,6-11,13H2,1-3H3. The van der Waals surface area contributed by atoms with Crippen LogP contribution in [0, 0.1) is 0 Å². The molecule has 0 aliphatic carbocycles. The highest BCUT2D eigenvalue weighted by atomic mass is 16.5. The highest BCUT2D eigenvalue weighted by molar-refractivity contribution is 6.14. The van der Waals surface area contributed by atoms with Gasteiger partial charge in [-0.05, 0) is 65.0 Å². The Morgan fingerprint density at radius 2 is 2.04 bits per heavy atom. The van der Waals surface area contributed by atoms with Crippen LogP contribution in [0.5, 0.6) is 5.88 Å². The van der Waals surface area contributed by atoms with Crippen molar-refractivity contribution in [3.63, 3.8) is 0 Å². The zero-order valence-electron chi connectivity index (χ0n) is 16.5. The summed E-state index contributed by atoms with van der Waals surface area (Å²) in [5, 5.41) is 15.7. The molecule has 2 aliphatic rings. The number of nitrogens with one attached hydrogen (secondary N) is 1. The number of hydrogen-bond donors (Lipinski definition) is 2. The summed E-state index contributed by atoms with van der Waals surface area (Å²) >= 11 is 0. The summed E-state index contributed by atoms with van der Waals surface area (Å²) in [6, 6.07) is 7.07. The van der Waals surface area contributed by atoms with Crippen LogP contribution < -0.4 is 5.32 Å². The van der Waals surface area contributed by atoms with Crippen LogP contribution in [-0.2, 0) is 4.74 Å². The van der Waals surface area contributed by atoms with Crippen molar-refractivity contribution in [2.24, 2.45) is 4.99 Å². The van der Waals surface area contributed by atoms with Crippen LogP contribution in [0.25, 0.3) is 10.9 Å². The number of hydrogen-bond acceptors (Lipinski definition) is 5. The number of aromatic hydroxyl groups is 1. The molecule has 3 heterocycles. The van der Waals surface area contributed by atoms with Crippen LogP contribution in [0.2, 0.25) is 0 Å². The van der Waals surface area contributed by atoms with Gasteiger partial charge in [0, 0.05) is 23.2 Å². The largest absolute Gasteiger partial charge is 0.494 e. The fourth-order valence-corrected chi connectivity index (χ4v) is 4.20. The molecule has 0 spiro atoms. The number of fused-ring (bicyclic) bond motifs is 1. The Hall–Kier alpha value is -2.05. The van der Waals surface area contributed by atoms with Gasteiger partial charge in [-0.2, -0.15) is 0 Å². The zero-order valence-corrected chi connectivity index (χ0v) is 16.5. The second kappa shape index (κ2) is 7.52. The molecule has 6 nitrogen and oxygen atoms in total. The first-order valence-electron chi connectivity index (χ1n) is 9.98. The summed E-state index contributed by atoms with van der Waals surface area (Å²) in [6.07, 6.45) is 2.31. The molecule has 0 saturated carbocycles. The maximum Gasteiger partial charge on any atom is 0.201 e. The average Bonchev–Trinajstić information content (AvgIpc) is 2.95. The van der Waals surface area contributed by atoms with Crippen LogP contribution in [0.4, 0.5) is 5.69 Å². The number of anilines is 1. The Bertz CT molecular complexity index is 847. The molecule has 0 unspecified atom stereocenters. The molecule has 2 aromatic rings. The summed E-state index contributed by atoms with van der Waals surface area (Å²) in [7, 11) is 2.18. The molecule has 2 N–H and O–H groups in total. The highest BCUT2D eigenvalue weighted by Gasteiger charge is 2.24. The second-order valence-electron chi connectivity index (χ2n) is 8.00. The third-order valence-electron chi connectivity index (χ3n) is 5.65. The number of rotatable bonds is 4. The van der Waals surface area contributed by atoms with Gasteiger partial charge in [-0.15, -0.1) is 0 Å². The van der Waals surface area contributed by atoms with E-state index in [0.29, 0.717) is 31.7 Å². The van der Waals surface area contributed by atoms with Gasteiger partial charge in [-0.1, -0.05) is 0 Å². The molecule has 4 rings (SSSR count). The average molecular weight is 370 g/mol. The molecule has 0 atom stereocenters. The number of nitrogens with zero attached hydrogens (tertiary/aromatic N) is 3. The van der Waals surface area contributed by atoms with Gasteiger partial charge in [0.1, 0.15) is 0 Å². The van der Waals surface area contributed by atoms with Crippen molar-refractivity contribution < 1.29 is 9.84 Å². The van der Waals surface area contributed by atoms with Crippen molar-refractivity contribution in [2.45, 2.75) is 38.8 Å². The molecule has 6 heteroatoms. The number of piperidine rings is 1. The summed E-state index contributed by atoms with van der Waals surface area (Å²) in [5.74, 6) is 0.292. The summed E-state index contributed by atoms with van der Waals surface area (Å²) in [4.78, 5) is 7.01. The molecule has 2 aliphatic heterocycles. The Morgan fingerprint density at radius 3 is 2.70 bits per heavy atom. The minimum Gasteiger partial charge on any atom is -0.494 e. The minimum absolute atomic E-state index is 0.166. The lowest BCUT2D eigenvalue weighted by atomic mass is 10.0. The molecule has 27 heavy (non-hydrogen) atoms. The molecular formula is C21H30N4O2. The van der Waals surface area contributed by atoms with Gasteiger partial charge >= 0.3 is 0 Å². The van der Waals surface area contributed by atoms with Crippen LogP contribution in [-0.4, -0.2) is 66.2 Å². The molecule has 1 fully saturated rings. The molecule has 1 aromatic heterocycles. The molecule has 0 bridgehead atoms. The number of ether oxygens (including phenoxy) is 1. The third kappa shape index (κ3) is 3.56. The van der Waals surface area contributed by atoms with E-state index in [4.69, 9.17) is 4.74 Å². The normalized spacial score (nSPS) is 19.6. The lowest BCUT2D eigenvalue weighted by Crippen LogP contribution is -2.36. The van der Waals surface area contributed by atoms with Crippen LogP contribution >= 0.6 is 0 Å². The lowest BCUT2D eigenvalue weighted by molar-refractivity contribution is 0.171. The zero-order chi connectivity index (χ0) is 19.0. The fraction of sp³-hybridized carbons (Fsp3) is 0.571. The van der Waals surface area contributed by atoms with E-state index in [2.05, 4.69) is 54.3 Å². The van der Waals surface area contributed by atoms with Crippen molar-refractivity contribution in [3.8, 4) is 5.88 Å². The Labute approximate surface area is 160 Å². The van der Waals surface area contributed by atoms with E-state index in [-0.39, 0.29) is 6.04 Å². The maximum absolute atomic E-state index is 11.0. The van der Waals surface area contributed by atoms with Crippen molar-refractivity contribution in [1.82, 2.24) is 9.47 Å². The van der Waals surface area contributed by atoms with Crippen LogP contribution in [0.15, 0.2) is 23.2 Å². The van der Waals surface area contributed by atoms with E-state index < -0.39 is 0 Å². The van der Waals surface area contributed by atoms with Crippen molar-refractivity contribution in [3.05, 3.63) is 23.8 Å². The van der Waals surface area contributed by atoms with E-state index in [1.54, 1.807) is 0 Å². The first-order valence-corrected chi connectivity index (χ1v) is 9.98. The predicted octanol–water partition coefficient (Wildman–Crippen LogP) is 3.25. The number of likely N-dealkylation sites (tertiary alicyclic amines) is 1. The predicted molar refractivity (Wildman–Crippen MR) is 110 cm³/mol. The Morgan fingerprint density at radius 1 is 1.26 bits per heavy atom. The third-order valence-corrected chi connectivity index (χ3v) is 5.65. The first kappa shape index (κ1) is 18.3. The van der Waals surface area contributed by atoms with Crippen molar-refractivity contribution in [2.75, 3.05) is 45.2 Å². The first-order chi connectivity index (χ1) is 13.0. The Balaban J connectivity index is 1.73. The molecule has 146 valence electrons. The van der Waals surface area contributed by atoms with Crippen LogP contribution in [0.1, 0.15) is 38.3 Å². The number of aliphatic imine (C=N–C) groups is 1. The monoisotopic (exact) mass is 370 g/mol. The molecular weight excluding hydrogens is 340 g/mol. The van der Waals surface area contributed by atoms with Crippen molar-refractivity contribution in [1.29, 1.82) is 0 Å². The van der Waals surface area contributed by atoms with Gasteiger partial charge in [-0.25, -0.2) is 0 Å². The van der Waals surface area contributed by atoms with E-state index in [1.165, 1.54) is 0 Å². The quantitative estimate of drug-likeness (QED) is 0.867. The van der Waals surface area contributed by atoms with Gasteiger partial charge in [-0.3, -0.25) is 4.99 Å². The summed E-state index contributed by atoms with van der Waals surface area (Å²) in [6.45, 7) is 8.19. The molecule has 1 saturated heterocycles. The highest BCUT2D eigenvalue weighted by Crippen LogP contribution is 2.37. The van der Waals surface area contributed by atoms with E-state index in [9.17, 15) is 5.11 Å². The van der Waals surface area contributed by atoms with Gasteiger partial charge in [0.25, 0.3) is 0 Å². The number of benzene rings is 1. The van der Waals surface area contributed by atoms with E-state index >= 15 is 0 Å². The smallest absolute Gasteiger partial charge is 0.201 e. The SMILES string of the molecule is CC(C)n1c(O)c(C2=NCCOC2)c2cc(NC3CCN(C)CC3)ccc21. The van der Waals surface area contributed by atoms with Gasteiger partial charge in [0.15, 0.2) is 0 Å². The number of aromatic nitrogens is 1. The molecule has 1 aromatic carbocycles. The van der Waals surface area contributed by atoms with Crippen LogP contribution in [0.3, 0.4) is 0 Å². The van der Waals surface area contributed by atoms with E-state index in [0.717, 1.165) is 53.8 Å². The second-order valence-corrected chi connectivity index (χ2v) is 8.00. The summed E-state index contributed by atoms with van der Waals surface area (Å²) < 4.78 is 7.59. The van der Waals surface area contributed by atoms with Gasteiger partial charge in [0.05, 0.1) is 36.6 Å². The topological polar surface area (TPSA) is 62.0 Å². The van der Waals surface area contributed by atoms with Crippen molar-refractivity contribution >= 4 is 22.3 Å². The summed E-state index contributed by atoms with van der Waals surface area (Å²) in [5.41, 5.74) is 3.82. The fourth-order valence-electron chi connectivity index (χ4n) is 4.20. The van der Waals surface area contributed by atoms with Gasteiger partial charge < -0.3 is 24.6 Å². The Kier molecular flexibility index (Phi) is 5.10. The maximum atomic E-state index is 11.0. The lowest BCUT2D eigenvalue weighted by Gasteiger charge is -2.30. The minimum atomic E-state index is 0.166. The molecule has 0 amide bonds. The van der Waals surface area contributed by atoms with Gasteiger partial charge in [0.2, 0.25) is 5.88 Å². The van der Waals surface area contributed by atoms with E-state index in [1.807, 2.05) is 4.57 Å². The molecule has 0 radical (unpaired) electrons.